The number of pyridine rings is 1. The first-order chi connectivity index (χ1) is 16.5. The van der Waals surface area contributed by atoms with Crippen LogP contribution < -0.4 is 10.7 Å². The minimum Gasteiger partial charge on any atom is -0.352 e. The summed E-state index contributed by atoms with van der Waals surface area (Å²) in [6.07, 6.45) is 3.78. The highest BCUT2D eigenvalue weighted by Gasteiger charge is 2.22. The number of carbonyl (C=O) groups excluding carboxylic acids is 2. The zero-order chi connectivity index (χ0) is 24.1. The van der Waals surface area contributed by atoms with Crippen molar-refractivity contribution in [2.24, 2.45) is 0 Å². The number of aromatic nitrogens is 2. The molecule has 2 aromatic heterocycles. The number of hydrogen-bond acceptors (Lipinski definition) is 5. The summed E-state index contributed by atoms with van der Waals surface area (Å²) in [7, 11) is 1.64. The fourth-order valence-corrected chi connectivity index (χ4v) is 4.72. The molecule has 174 valence electrons. The minimum absolute atomic E-state index is 0.0274. The van der Waals surface area contributed by atoms with Gasteiger partial charge in [-0.1, -0.05) is 42.5 Å². The summed E-state index contributed by atoms with van der Waals surface area (Å²) < 4.78 is 2.79. The molecule has 0 spiro atoms. The third kappa shape index (κ3) is 5.23. The van der Waals surface area contributed by atoms with E-state index in [4.69, 9.17) is 0 Å². The van der Waals surface area contributed by atoms with E-state index in [1.54, 1.807) is 24.7 Å². The van der Waals surface area contributed by atoms with Gasteiger partial charge in [0.05, 0.1) is 16.8 Å². The van der Waals surface area contributed by atoms with E-state index in [9.17, 15) is 14.4 Å². The Morgan fingerprint density at radius 2 is 1.74 bits per heavy atom. The van der Waals surface area contributed by atoms with Crippen molar-refractivity contribution in [2.45, 2.75) is 26.4 Å². The van der Waals surface area contributed by atoms with Crippen molar-refractivity contribution in [1.82, 2.24) is 19.8 Å². The second-order valence-corrected chi connectivity index (χ2v) is 9.10. The SMILES string of the molecule is CCNC(=O)c1cn(CCc2ccccc2)cc(C(=O)N(C)Cc2nc3ccccc3s2)c1=O. The van der Waals surface area contributed by atoms with Gasteiger partial charge in [-0.3, -0.25) is 14.4 Å². The number of para-hydroxylation sites is 1. The number of fused-ring (bicyclic) bond motifs is 1. The van der Waals surface area contributed by atoms with E-state index in [1.807, 2.05) is 54.6 Å². The number of nitrogens with one attached hydrogen (secondary N) is 1. The quantitative estimate of drug-likeness (QED) is 0.422. The summed E-state index contributed by atoms with van der Waals surface area (Å²) in [6, 6.07) is 17.7. The van der Waals surface area contributed by atoms with Gasteiger partial charge in [0.1, 0.15) is 16.1 Å². The fraction of sp³-hybridized carbons (Fsp3) is 0.231. The van der Waals surface area contributed by atoms with Gasteiger partial charge >= 0.3 is 0 Å². The van der Waals surface area contributed by atoms with Gasteiger partial charge in [-0.15, -0.1) is 11.3 Å². The molecule has 0 bridgehead atoms. The van der Waals surface area contributed by atoms with Gasteiger partial charge in [-0.2, -0.15) is 0 Å². The molecule has 4 aromatic rings. The van der Waals surface area contributed by atoms with Crippen LogP contribution in [0.15, 0.2) is 71.8 Å². The van der Waals surface area contributed by atoms with Gasteiger partial charge in [0.15, 0.2) is 0 Å². The molecule has 7 nitrogen and oxygen atoms in total. The van der Waals surface area contributed by atoms with Crippen LogP contribution in [-0.4, -0.2) is 39.9 Å². The number of nitrogens with zero attached hydrogens (tertiary/aromatic N) is 3. The van der Waals surface area contributed by atoms with Gasteiger partial charge in [0, 0.05) is 32.5 Å². The van der Waals surface area contributed by atoms with Crippen LogP contribution in [0.2, 0.25) is 0 Å². The summed E-state index contributed by atoms with van der Waals surface area (Å²) in [5.41, 5.74) is 1.38. The van der Waals surface area contributed by atoms with Crippen molar-refractivity contribution in [1.29, 1.82) is 0 Å². The molecule has 0 aliphatic rings. The lowest BCUT2D eigenvalue weighted by atomic mass is 10.1. The van der Waals surface area contributed by atoms with Crippen LogP contribution in [-0.2, 0) is 19.5 Å². The Bertz CT molecular complexity index is 1340. The summed E-state index contributed by atoms with van der Waals surface area (Å²) in [5.74, 6) is -0.923. The monoisotopic (exact) mass is 474 g/mol. The summed E-state index contributed by atoms with van der Waals surface area (Å²) in [6.45, 7) is 2.97. The molecule has 4 rings (SSSR count). The highest BCUT2D eigenvalue weighted by Crippen LogP contribution is 2.22. The number of benzene rings is 2. The van der Waals surface area contributed by atoms with Crippen LogP contribution in [0.5, 0.6) is 0 Å². The first kappa shape index (κ1) is 23.4. The van der Waals surface area contributed by atoms with Gasteiger partial charge in [-0.05, 0) is 31.0 Å². The Balaban J connectivity index is 1.62. The average Bonchev–Trinajstić information content (AvgIpc) is 3.26. The topological polar surface area (TPSA) is 84.3 Å². The maximum Gasteiger partial charge on any atom is 0.259 e. The number of carbonyl (C=O) groups is 2. The van der Waals surface area contributed by atoms with Gasteiger partial charge in [-0.25, -0.2) is 4.98 Å². The molecule has 2 amide bonds. The van der Waals surface area contributed by atoms with E-state index in [-0.39, 0.29) is 17.7 Å². The lowest BCUT2D eigenvalue weighted by Crippen LogP contribution is -2.36. The predicted octanol–water partition coefficient (Wildman–Crippen LogP) is 3.72. The predicted molar refractivity (Wildman–Crippen MR) is 134 cm³/mol. The zero-order valence-electron chi connectivity index (χ0n) is 19.2. The largest absolute Gasteiger partial charge is 0.352 e. The van der Waals surface area contributed by atoms with E-state index < -0.39 is 17.2 Å². The lowest BCUT2D eigenvalue weighted by molar-refractivity contribution is 0.0782. The summed E-state index contributed by atoms with van der Waals surface area (Å²) in [5, 5.41) is 3.45. The van der Waals surface area contributed by atoms with Crippen LogP contribution in [0.25, 0.3) is 10.2 Å². The van der Waals surface area contributed by atoms with Gasteiger partial charge in [0.2, 0.25) is 5.43 Å². The summed E-state index contributed by atoms with van der Waals surface area (Å²) >= 11 is 1.51. The Hall–Kier alpha value is -3.78. The molecule has 0 aliphatic heterocycles. The number of hydrogen-bond donors (Lipinski definition) is 1. The van der Waals surface area contributed by atoms with Gasteiger partial charge < -0.3 is 14.8 Å². The smallest absolute Gasteiger partial charge is 0.259 e. The van der Waals surface area contributed by atoms with Gasteiger partial charge in [0.25, 0.3) is 11.8 Å². The Kier molecular flexibility index (Phi) is 7.18. The van der Waals surface area contributed by atoms with E-state index in [0.29, 0.717) is 19.5 Å². The second kappa shape index (κ2) is 10.4. The minimum atomic E-state index is -0.567. The molecule has 2 aromatic carbocycles. The van der Waals surface area contributed by atoms with Crippen LogP contribution in [0.1, 0.15) is 38.2 Å². The molecule has 0 atom stereocenters. The van der Waals surface area contributed by atoms with Crippen LogP contribution in [0.3, 0.4) is 0 Å². The first-order valence-electron chi connectivity index (χ1n) is 11.1. The van der Waals surface area contributed by atoms with Crippen molar-refractivity contribution in [3.05, 3.63) is 98.9 Å². The second-order valence-electron chi connectivity index (χ2n) is 7.98. The molecule has 0 aliphatic carbocycles. The van der Waals surface area contributed by atoms with Crippen LogP contribution >= 0.6 is 11.3 Å². The van der Waals surface area contributed by atoms with E-state index in [0.717, 1.165) is 20.8 Å². The molecular formula is C26H26N4O3S. The molecule has 1 N–H and O–H groups in total. The van der Waals surface area contributed by atoms with Crippen LogP contribution in [0, 0.1) is 0 Å². The highest BCUT2D eigenvalue weighted by atomic mass is 32.1. The molecule has 0 radical (unpaired) electrons. The van der Waals surface area contributed by atoms with Crippen molar-refractivity contribution >= 4 is 33.4 Å². The Morgan fingerprint density at radius 1 is 1.03 bits per heavy atom. The molecule has 0 saturated carbocycles. The maximum absolute atomic E-state index is 13.3. The standard InChI is InChI=1S/C26H26N4O3S/c1-3-27-25(32)19-15-30(14-13-18-9-5-4-6-10-18)16-20(24(19)31)26(33)29(2)17-23-28-21-11-7-8-12-22(21)34-23/h4-12,15-16H,3,13-14,17H2,1-2H3,(H,27,32). The van der Waals surface area contributed by atoms with Crippen molar-refractivity contribution < 1.29 is 9.59 Å². The first-order valence-corrected chi connectivity index (χ1v) is 11.9. The van der Waals surface area contributed by atoms with E-state index in [2.05, 4.69) is 10.3 Å². The zero-order valence-corrected chi connectivity index (χ0v) is 20.0. The third-order valence-electron chi connectivity index (χ3n) is 5.45. The van der Waals surface area contributed by atoms with Crippen LogP contribution in [0.4, 0.5) is 0 Å². The van der Waals surface area contributed by atoms with Crippen molar-refractivity contribution in [3.63, 3.8) is 0 Å². The molecule has 0 fully saturated rings. The molecule has 8 heteroatoms. The summed E-state index contributed by atoms with van der Waals surface area (Å²) in [4.78, 5) is 45.0. The number of aryl methyl sites for hydroxylation is 2. The number of amides is 2. The maximum atomic E-state index is 13.3. The number of thiazole rings is 1. The Morgan fingerprint density at radius 3 is 2.47 bits per heavy atom. The van der Waals surface area contributed by atoms with Crippen molar-refractivity contribution in [2.75, 3.05) is 13.6 Å². The van der Waals surface area contributed by atoms with Crippen molar-refractivity contribution in [3.8, 4) is 0 Å². The lowest BCUT2D eigenvalue weighted by Gasteiger charge is -2.17. The fourth-order valence-electron chi connectivity index (χ4n) is 3.70. The molecule has 0 saturated heterocycles. The Labute approximate surface area is 201 Å². The third-order valence-corrected chi connectivity index (χ3v) is 6.47. The molecule has 2 heterocycles. The molecule has 0 unspecified atom stereocenters. The van der Waals surface area contributed by atoms with E-state index in [1.165, 1.54) is 22.4 Å². The average molecular weight is 475 g/mol. The molecule has 34 heavy (non-hydrogen) atoms. The molecular weight excluding hydrogens is 448 g/mol. The van der Waals surface area contributed by atoms with E-state index >= 15 is 0 Å². The number of rotatable bonds is 8. The highest BCUT2D eigenvalue weighted by molar-refractivity contribution is 7.18. The normalized spacial score (nSPS) is 10.9.